The van der Waals surface area contributed by atoms with Crippen molar-refractivity contribution < 1.29 is 9.53 Å². The topological polar surface area (TPSA) is 55.4 Å². The largest absolute Gasteiger partial charge is 0.494 e. The van der Waals surface area contributed by atoms with Crippen molar-refractivity contribution in [1.29, 1.82) is 0 Å². The number of amides is 1. The van der Waals surface area contributed by atoms with Crippen LogP contribution in [0.25, 0.3) is 0 Å². The summed E-state index contributed by atoms with van der Waals surface area (Å²) < 4.78 is 6.56. The number of unbranched alkanes of at least 4 members (excludes halogenated alkanes) is 3. The van der Waals surface area contributed by atoms with Gasteiger partial charge < -0.3 is 10.1 Å². The van der Waals surface area contributed by atoms with Crippen LogP contribution in [0.2, 0.25) is 0 Å². The van der Waals surface area contributed by atoms with Crippen molar-refractivity contribution in [1.82, 2.24) is 0 Å². The minimum absolute atomic E-state index is 0.230. The fraction of sp³-hybridized carbons (Fsp3) is 0.300. The molecule has 0 unspecified atom stereocenters. The van der Waals surface area contributed by atoms with E-state index in [2.05, 4.69) is 28.2 Å². The second kappa shape index (κ2) is 9.99. The summed E-state index contributed by atoms with van der Waals surface area (Å²) in [4.78, 5) is 24.4. The van der Waals surface area contributed by atoms with Gasteiger partial charge in [-0.15, -0.1) is 0 Å². The van der Waals surface area contributed by atoms with Crippen molar-refractivity contribution in [2.45, 2.75) is 32.6 Å². The Hall–Kier alpha value is -2.14. The van der Waals surface area contributed by atoms with Gasteiger partial charge in [-0.2, -0.15) is 0 Å². The molecular formula is C20H22BrNO3. The van der Waals surface area contributed by atoms with E-state index in [0.717, 1.165) is 17.3 Å². The van der Waals surface area contributed by atoms with Gasteiger partial charge in [0.05, 0.1) is 12.3 Å². The molecule has 0 saturated carbocycles. The third kappa shape index (κ3) is 6.35. The van der Waals surface area contributed by atoms with Crippen molar-refractivity contribution in [3.05, 3.63) is 68.8 Å². The predicted molar refractivity (Wildman–Crippen MR) is 104 cm³/mol. The van der Waals surface area contributed by atoms with Gasteiger partial charge in [-0.25, -0.2) is 0 Å². The highest BCUT2D eigenvalue weighted by molar-refractivity contribution is 9.10. The number of hydrogen-bond acceptors (Lipinski definition) is 3. The molecule has 0 aromatic heterocycles. The molecule has 0 aliphatic rings. The number of nitrogens with one attached hydrogen (secondary N) is 1. The average Bonchev–Trinajstić information content (AvgIpc) is 2.78. The molecule has 2 aromatic carbocycles. The summed E-state index contributed by atoms with van der Waals surface area (Å²) in [5.41, 5.74) is 0.460. The number of anilines is 1. The van der Waals surface area contributed by atoms with Crippen LogP contribution in [0, 0.1) is 0 Å². The van der Waals surface area contributed by atoms with Crippen LogP contribution in [0.15, 0.2) is 57.8 Å². The molecule has 0 spiro atoms. The van der Waals surface area contributed by atoms with Gasteiger partial charge in [-0.3, -0.25) is 9.59 Å². The summed E-state index contributed by atoms with van der Waals surface area (Å²) >= 11 is 3.33. The molecule has 0 bridgehead atoms. The predicted octanol–water partition coefficient (Wildman–Crippen LogP) is 5.02. The zero-order valence-electron chi connectivity index (χ0n) is 14.3. The molecule has 0 radical (unpaired) electrons. The standard InChI is InChI=1S/C20H22BrNO3/c1-2-3-4-5-14-25-17-10-12-18(19(23)13-11-17)22-20(24)15-6-8-16(21)9-7-15/h6-13H,2-5,14H2,1H3,(H,22,23,24). The lowest BCUT2D eigenvalue weighted by atomic mass is 10.2. The van der Waals surface area contributed by atoms with Crippen LogP contribution in [0.1, 0.15) is 43.0 Å². The molecule has 0 fully saturated rings. The Labute approximate surface area is 156 Å². The maximum absolute atomic E-state index is 12.2. The van der Waals surface area contributed by atoms with Crippen LogP contribution in [-0.2, 0) is 0 Å². The molecule has 1 amide bonds. The first-order chi connectivity index (χ1) is 12.1. The molecule has 0 heterocycles. The highest BCUT2D eigenvalue weighted by Gasteiger charge is 2.07. The molecule has 1 N–H and O–H groups in total. The highest BCUT2D eigenvalue weighted by Crippen LogP contribution is 2.14. The lowest BCUT2D eigenvalue weighted by Crippen LogP contribution is -2.16. The Kier molecular flexibility index (Phi) is 7.67. The van der Waals surface area contributed by atoms with Crippen LogP contribution < -0.4 is 15.5 Å². The summed E-state index contributed by atoms with van der Waals surface area (Å²) in [5, 5.41) is 2.65. The monoisotopic (exact) mass is 403 g/mol. The summed E-state index contributed by atoms with van der Waals surface area (Å²) in [6, 6.07) is 13.3. The number of ether oxygens (including phenoxy) is 1. The number of carbonyl (C=O) groups excluding carboxylic acids is 1. The van der Waals surface area contributed by atoms with E-state index in [1.165, 1.54) is 18.9 Å². The number of rotatable bonds is 8. The average molecular weight is 404 g/mol. The molecule has 0 saturated heterocycles. The number of hydrogen-bond donors (Lipinski definition) is 1. The Morgan fingerprint density at radius 3 is 2.44 bits per heavy atom. The molecule has 2 aromatic rings. The molecular weight excluding hydrogens is 382 g/mol. The van der Waals surface area contributed by atoms with Crippen LogP contribution in [-0.4, -0.2) is 12.5 Å². The quantitative estimate of drug-likeness (QED) is 0.629. The van der Waals surface area contributed by atoms with Crippen molar-refractivity contribution in [2.75, 3.05) is 11.9 Å². The van der Waals surface area contributed by atoms with E-state index in [-0.39, 0.29) is 17.0 Å². The zero-order chi connectivity index (χ0) is 18.1. The van der Waals surface area contributed by atoms with Crippen LogP contribution in [0.5, 0.6) is 5.75 Å². The number of benzene rings is 1. The van der Waals surface area contributed by atoms with Gasteiger partial charge in [0.1, 0.15) is 5.75 Å². The fourth-order valence-corrected chi connectivity index (χ4v) is 2.53. The van der Waals surface area contributed by atoms with Crippen molar-refractivity contribution in [3.8, 4) is 5.75 Å². The number of halogens is 1. The zero-order valence-corrected chi connectivity index (χ0v) is 15.8. The molecule has 2 rings (SSSR count). The Bertz CT molecular complexity index is 760. The first-order valence-corrected chi connectivity index (χ1v) is 9.23. The van der Waals surface area contributed by atoms with Gasteiger partial charge >= 0.3 is 0 Å². The molecule has 0 aliphatic carbocycles. The highest BCUT2D eigenvalue weighted by atomic mass is 79.9. The molecule has 0 aliphatic heterocycles. The van der Waals surface area contributed by atoms with Gasteiger partial charge in [0, 0.05) is 10.0 Å². The first kappa shape index (κ1) is 19.2. The van der Waals surface area contributed by atoms with Gasteiger partial charge in [-0.05, 0) is 55.0 Å². The van der Waals surface area contributed by atoms with Crippen LogP contribution in [0.4, 0.5) is 5.69 Å². The summed E-state index contributed by atoms with van der Waals surface area (Å²) in [6.07, 6.45) is 4.50. The van der Waals surface area contributed by atoms with Gasteiger partial charge in [0.25, 0.3) is 5.91 Å². The maximum Gasteiger partial charge on any atom is 0.255 e. The lowest BCUT2D eigenvalue weighted by molar-refractivity contribution is 0.102. The molecule has 132 valence electrons. The molecule has 25 heavy (non-hydrogen) atoms. The second-order valence-corrected chi connectivity index (χ2v) is 6.63. The molecule has 5 heteroatoms. The molecule has 0 atom stereocenters. The minimum Gasteiger partial charge on any atom is -0.494 e. The Balaban J connectivity index is 2.01. The summed E-state index contributed by atoms with van der Waals surface area (Å²) in [6.45, 7) is 2.79. The van der Waals surface area contributed by atoms with E-state index in [0.29, 0.717) is 17.9 Å². The third-order valence-electron chi connectivity index (χ3n) is 3.70. The van der Waals surface area contributed by atoms with E-state index in [1.54, 1.807) is 42.5 Å². The van der Waals surface area contributed by atoms with Gasteiger partial charge in [0.2, 0.25) is 5.43 Å². The van der Waals surface area contributed by atoms with E-state index < -0.39 is 0 Å². The smallest absolute Gasteiger partial charge is 0.255 e. The Morgan fingerprint density at radius 1 is 1.00 bits per heavy atom. The van der Waals surface area contributed by atoms with E-state index in [4.69, 9.17) is 4.74 Å². The Morgan fingerprint density at radius 2 is 1.72 bits per heavy atom. The summed E-state index contributed by atoms with van der Waals surface area (Å²) in [7, 11) is 0. The normalized spacial score (nSPS) is 10.3. The SMILES string of the molecule is CCCCCCOc1ccc(NC(=O)c2ccc(Br)cc2)c(=O)cc1. The van der Waals surface area contributed by atoms with Gasteiger partial charge in [0.15, 0.2) is 0 Å². The third-order valence-corrected chi connectivity index (χ3v) is 4.23. The second-order valence-electron chi connectivity index (χ2n) is 5.72. The van der Waals surface area contributed by atoms with Gasteiger partial charge in [-0.1, -0.05) is 42.1 Å². The molecule has 4 nitrogen and oxygen atoms in total. The van der Waals surface area contributed by atoms with E-state index >= 15 is 0 Å². The first-order valence-electron chi connectivity index (χ1n) is 8.44. The van der Waals surface area contributed by atoms with Crippen molar-refractivity contribution in [2.24, 2.45) is 0 Å². The van der Waals surface area contributed by atoms with Crippen LogP contribution in [0.3, 0.4) is 0 Å². The van der Waals surface area contributed by atoms with E-state index in [1.807, 2.05) is 0 Å². The fourth-order valence-electron chi connectivity index (χ4n) is 2.26. The lowest BCUT2D eigenvalue weighted by Gasteiger charge is -2.04. The minimum atomic E-state index is -0.321. The maximum atomic E-state index is 12.2. The van der Waals surface area contributed by atoms with Crippen molar-refractivity contribution in [3.63, 3.8) is 0 Å². The number of carbonyl (C=O) groups is 1. The van der Waals surface area contributed by atoms with E-state index in [9.17, 15) is 9.59 Å². The van der Waals surface area contributed by atoms with Crippen LogP contribution >= 0.6 is 15.9 Å². The van der Waals surface area contributed by atoms with Crippen molar-refractivity contribution >= 4 is 27.5 Å². The summed E-state index contributed by atoms with van der Waals surface area (Å²) in [5.74, 6) is 0.301.